The maximum atomic E-state index is 13.1. The fraction of sp³-hybridized carbons (Fsp3) is 0.400. The second kappa shape index (κ2) is 14.6. The van der Waals surface area contributed by atoms with Gasteiger partial charge in [-0.1, -0.05) is 48.5 Å². The van der Waals surface area contributed by atoms with Gasteiger partial charge in [-0.05, 0) is 114 Å². The van der Waals surface area contributed by atoms with Gasteiger partial charge in [-0.15, -0.1) is 0 Å². The zero-order valence-electron chi connectivity index (χ0n) is 30.8. The van der Waals surface area contributed by atoms with E-state index in [0.29, 0.717) is 36.1 Å². The van der Waals surface area contributed by atoms with E-state index in [1.165, 1.54) is 40.8 Å². The maximum Gasteiger partial charge on any atom is 0.255 e. The number of piperazine rings is 1. The number of piperidine rings is 2. The molecule has 54 heavy (non-hydrogen) atoms. The number of imide groups is 1. The lowest BCUT2D eigenvalue weighted by Gasteiger charge is -2.40. The second-order valence-corrected chi connectivity index (χ2v) is 16.0. The number of fused-ring (bicyclic) bond motifs is 2. The lowest BCUT2D eigenvalue weighted by Crippen LogP contribution is -2.52. The van der Waals surface area contributed by atoms with E-state index in [2.05, 4.69) is 86.7 Å². The number of aromatic hydroxyl groups is 1. The summed E-state index contributed by atoms with van der Waals surface area (Å²) in [4.78, 5) is 46.5. The van der Waals surface area contributed by atoms with Crippen LogP contribution < -0.4 is 15.1 Å². The number of phenols is 1. The molecule has 0 bridgehead atoms. The van der Waals surface area contributed by atoms with Crippen molar-refractivity contribution in [2.24, 2.45) is 5.92 Å². The van der Waals surface area contributed by atoms with Gasteiger partial charge >= 0.3 is 0 Å². The summed E-state index contributed by atoms with van der Waals surface area (Å²) in [6, 6.07) is 31.7. The smallest absolute Gasteiger partial charge is 0.255 e. The van der Waals surface area contributed by atoms with Gasteiger partial charge in [-0.25, -0.2) is 0 Å². The van der Waals surface area contributed by atoms with Crippen LogP contribution in [0.3, 0.4) is 0 Å². The van der Waals surface area contributed by atoms with Crippen LogP contribution in [0.15, 0.2) is 91.0 Å². The molecule has 3 saturated heterocycles. The third-order valence-electron chi connectivity index (χ3n) is 12.8. The molecule has 3 amide bonds. The Kier molecular flexibility index (Phi) is 9.35. The van der Waals surface area contributed by atoms with Crippen molar-refractivity contribution in [2.75, 3.05) is 55.6 Å². The van der Waals surface area contributed by atoms with E-state index >= 15 is 0 Å². The Bertz CT molecular complexity index is 2030. The maximum absolute atomic E-state index is 13.1. The van der Waals surface area contributed by atoms with Crippen molar-refractivity contribution in [1.82, 2.24) is 15.1 Å². The molecule has 4 aromatic carbocycles. The van der Waals surface area contributed by atoms with E-state index in [-0.39, 0.29) is 30.1 Å². The van der Waals surface area contributed by atoms with E-state index in [4.69, 9.17) is 0 Å². The van der Waals surface area contributed by atoms with Crippen LogP contribution in [0.4, 0.5) is 11.4 Å². The van der Waals surface area contributed by atoms with Crippen LogP contribution in [0.25, 0.3) is 0 Å². The van der Waals surface area contributed by atoms with Gasteiger partial charge in [0.05, 0.1) is 0 Å². The Morgan fingerprint density at radius 1 is 0.667 bits per heavy atom. The summed E-state index contributed by atoms with van der Waals surface area (Å²) in [5.41, 5.74) is 9.39. The number of nitrogens with zero attached hydrogens (tertiary/aromatic N) is 4. The van der Waals surface area contributed by atoms with Crippen molar-refractivity contribution in [3.05, 3.63) is 124 Å². The minimum absolute atomic E-state index is 0.121. The van der Waals surface area contributed by atoms with Crippen LogP contribution >= 0.6 is 0 Å². The number of aryl methyl sites for hydroxylation is 1. The predicted molar refractivity (Wildman–Crippen MR) is 210 cm³/mol. The first-order chi connectivity index (χ1) is 26.4. The van der Waals surface area contributed by atoms with Crippen molar-refractivity contribution in [1.29, 1.82) is 0 Å². The van der Waals surface area contributed by atoms with Gasteiger partial charge in [0.25, 0.3) is 5.91 Å². The van der Waals surface area contributed by atoms with Gasteiger partial charge in [0.15, 0.2) is 0 Å². The molecule has 3 fully saturated rings. The molecular weight excluding hydrogens is 675 g/mol. The summed E-state index contributed by atoms with van der Waals surface area (Å²) in [6.07, 6.45) is 5.08. The Balaban J connectivity index is 0.780. The quantitative estimate of drug-likeness (QED) is 0.224. The molecular formula is C45H49N5O4. The van der Waals surface area contributed by atoms with Gasteiger partial charge in [-0.3, -0.25) is 24.6 Å². The molecule has 5 aliphatic rings. The molecule has 0 aromatic heterocycles. The van der Waals surface area contributed by atoms with Gasteiger partial charge < -0.3 is 19.8 Å². The van der Waals surface area contributed by atoms with Crippen LogP contribution in [0.5, 0.6) is 5.75 Å². The number of amides is 3. The van der Waals surface area contributed by atoms with Crippen molar-refractivity contribution < 1.29 is 19.5 Å². The summed E-state index contributed by atoms with van der Waals surface area (Å²) in [5, 5.41) is 12.6. The molecule has 9 heteroatoms. The van der Waals surface area contributed by atoms with Crippen molar-refractivity contribution in [3.8, 4) is 5.75 Å². The Morgan fingerprint density at radius 3 is 2.17 bits per heavy atom. The fourth-order valence-electron chi connectivity index (χ4n) is 9.86. The highest BCUT2D eigenvalue weighted by molar-refractivity contribution is 6.05. The molecule has 9 nitrogen and oxygen atoms in total. The highest BCUT2D eigenvalue weighted by Gasteiger charge is 2.39. The van der Waals surface area contributed by atoms with Crippen LogP contribution in [0.2, 0.25) is 0 Å². The molecule has 4 aliphatic heterocycles. The molecule has 2 N–H and O–H groups in total. The Labute approximate surface area is 317 Å². The first-order valence-electron chi connectivity index (χ1n) is 19.8. The van der Waals surface area contributed by atoms with Crippen LogP contribution in [-0.4, -0.2) is 84.5 Å². The number of carbonyl (C=O) groups excluding carboxylic acids is 3. The normalized spacial score (nSPS) is 23.7. The highest BCUT2D eigenvalue weighted by Crippen LogP contribution is 2.47. The number of rotatable bonds is 7. The number of hydrogen-bond donors (Lipinski definition) is 2. The number of nitrogens with one attached hydrogen (secondary N) is 1. The molecule has 278 valence electrons. The largest absolute Gasteiger partial charge is 0.508 e. The summed E-state index contributed by atoms with van der Waals surface area (Å²) >= 11 is 0. The average molecular weight is 724 g/mol. The lowest BCUT2D eigenvalue weighted by molar-refractivity contribution is -0.136. The molecule has 4 heterocycles. The molecule has 9 rings (SSSR count). The van der Waals surface area contributed by atoms with Crippen LogP contribution in [0, 0.1) is 5.92 Å². The number of hydrogen-bond acceptors (Lipinski definition) is 7. The highest BCUT2D eigenvalue weighted by atomic mass is 16.3. The van der Waals surface area contributed by atoms with Gasteiger partial charge in [0, 0.05) is 81.6 Å². The minimum Gasteiger partial charge on any atom is -0.508 e. The monoisotopic (exact) mass is 723 g/mol. The van der Waals surface area contributed by atoms with E-state index in [9.17, 15) is 19.5 Å². The van der Waals surface area contributed by atoms with E-state index < -0.39 is 6.04 Å². The standard InChI is InChI=1S/C45H49N5O4/c51-37-12-15-39-33(27-37)8-13-38(31-4-2-1-3-5-31)43(39)32-6-9-35(10-7-32)48-20-18-30(19-21-48)28-47-22-24-49(25-23-47)36-11-14-40-34(26-36)29-50(45(40)54)41-16-17-42(52)46-44(41)53/h1-7,9-12,14-15,26-27,30,38,41,43,51H,8,13,16-25,28-29H2,(H,46,52,53). The number of anilines is 2. The third-order valence-corrected chi connectivity index (χ3v) is 12.8. The molecule has 0 spiro atoms. The average Bonchev–Trinajstić information content (AvgIpc) is 3.53. The van der Waals surface area contributed by atoms with Gasteiger partial charge in [-0.2, -0.15) is 0 Å². The van der Waals surface area contributed by atoms with E-state index in [1.54, 1.807) is 4.90 Å². The molecule has 3 unspecified atom stereocenters. The Hall–Kier alpha value is -5.15. The number of carbonyl (C=O) groups is 3. The van der Waals surface area contributed by atoms with Crippen molar-refractivity contribution >= 4 is 29.1 Å². The minimum atomic E-state index is -0.585. The predicted octanol–water partition coefficient (Wildman–Crippen LogP) is 6.05. The zero-order chi connectivity index (χ0) is 36.8. The summed E-state index contributed by atoms with van der Waals surface area (Å²) in [5.74, 6) is 0.955. The molecule has 1 aliphatic carbocycles. The fourth-order valence-corrected chi connectivity index (χ4v) is 9.86. The van der Waals surface area contributed by atoms with Gasteiger partial charge in [0.1, 0.15) is 11.8 Å². The molecule has 3 atom stereocenters. The second-order valence-electron chi connectivity index (χ2n) is 16.0. The first-order valence-corrected chi connectivity index (χ1v) is 19.8. The summed E-state index contributed by atoms with van der Waals surface area (Å²) in [6.45, 7) is 7.64. The lowest BCUT2D eigenvalue weighted by atomic mass is 9.69. The van der Waals surface area contributed by atoms with Crippen LogP contribution in [0.1, 0.15) is 82.1 Å². The first kappa shape index (κ1) is 34.6. The van der Waals surface area contributed by atoms with Crippen molar-refractivity contribution in [3.63, 3.8) is 0 Å². The molecule has 4 aromatic rings. The summed E-state index contributed by atoms with van der Waals surface area (Å²) in [7, 11) is 0. The Morgan fingerprint density at radius 2 is 1.41 bits per heavy atom. The number of phenolic OH excluding ortho intramolecular Hbond substituents is 1. The van der Waals surface area contributed by atoms with E-state index in [0.717, 1.165) is 69.9 Å². The van der Waals surface area contributed by atoms with E-state index in [1.807, 2.05) is 24.3 Å². The van der Waals surface area contributed by atoms with Crippen LogP contribution in [-0.2, 0) is 22.6 Å². The topological polar surface area (TPSA) is 96.4 Å². The SMILES string of the molecule is O=C1CCC(N2Cc3cc(N4CCN(CC5CCN(c6ccc(C7c8ccc(O)cc8CCC7c7ccccc7)cc6)CC5)CC4)ccc3C2=O)C(=O)N1. The summed E-state index contributed by atoms with van der Waals surface area (Å²) < 4.78 is 0. The van der Waals surface area contributed by atoms with Crippen molar-refractivity contribution in [2.45, 2.75) is 62.9 Å². The van der Waals surface area contributed by atoms with Gasteiger partial charge in [0.2, 0.25) is 11.8 Å². The molecule has 0 radical (unpaired) electrons. The molecule has 0 saturated carbocycles. The zero-order valence-corrected chi connectivity index (χ0v) is 30.8. The number of benzene rings is 4. The third kappa shape index (κ3) is 6.74.